The summed E-state index contributed by atoms with van der Waals surface area (Å²) in [4.78, 5) is 5.90. The SMILES string of the molecule is CCc1nc(CCOC)sc1CBr. The first-order chi connectivity index (χ1) is 6.31. The monoisotopic (exact) mass is 263 g/mol. The van der Waals surface area contributed by atoms with Crippen LogP contribution in [-0.2, 0) is 22.9 Å². The molecule has 0 aliphatic heterocycles. The third-order valence-electron chi connectivity index (χ3n) is 1.80. The summed E-state index contributed by atoms with van der Waals surface area (Å²) in [5.41, 5.74) is 1.23. The maximum Gasteiger partial charge on any atom is 0.0954 e. The maximum absolute atomic E-state index is 5.02. The number of alkyl halides is 1. The Hall–Kier alpha value is 0.0700. The quantitative estimate of drug-likeness (QED) is 0.763. The van der Waals surface area contributed by atoms with Crippen LogP contribution in [0.3, 0.4) is 0 Å². The van der Waals surface area contributed by atoms with E-state index in [2.05, 4.69) is 27.8 Å². The van der Waals surface area contributed by atoms with Crippen LogP contribution >= 0.6 is 27.3 Å². The Kier molecular flexibility index (Phi) is 4.91. The molecule has 0 aliphatic carbocycles. The van der Waals surface area contributed by atoms with E-state index in [1.165, 1.54) is 15.6 Å². The predicted octanol–water partition coefficient (Wildman–Crippen LogP) is 2.79. The van der Waals surface area contributed by atoms with E-state index >= 15 is 0 Å². The van der Waals surface area contributed by atoms with E-state index < -0.39 is 0 Å². The summed E-state index contributed by atoms with van der Waals surface area (Å²) in [6, 6.07) is 0. The van der Waals surface area contributed by atoms with Crippen LogP contribution in [0.5, 0.6) is 0 Å². The van der Waals surface area contributed by atoms with Crippen molar-refractivity contribution in [3.63, 3.8) is 0 Å². The van der Waals surface area contributed by atoms with Gasteiger partial charge in [0.05, 0.1) is 17.3 Å². The van der Waals surface area contributed by atoms with Crippen molar-refractivity contribution in [2.45, 2.75) is 25.1 Å². The Bertz CT molecular complexity index is 241. The lowest BCUT2D eigenvalue weighted by molar-refractivity contribution is 0.202. The van der Waals surface area contributed by atoms with Gasteiger partial charge in [-0.25, -0.2) is 4.98 Å². The Balaban J connectivity index is 2.68. The molecule has 0 atom stereocenters. The highest BCUT2D eigenvalue weighted by molar-refractivity contribution is 9.08. The fourth-order valence-corrected chi connectivity index (χ4v) is 2.77. The average Bonchev–Trinajstić information content (AvgIpc) is 2.57. The van der Waals surface area contributed by atoms with E-state index in [-0.39, 0.29) is 0 Å². The third-order valence-corrected chi connectivity index (χ3v) is 3.89. The zero-order valence-corrected chi connectivity index (χ0v) is 10.4. The minimum atomic E-state index is 0.762. The summed E-state index contributed by atoms with van der Waals surface area (Å²) < 4.78 is 5.02. The Morgan fingerprint density at radius 3 is 2.77 bits per heavy atom. The van der Waals surface area contributed by atoms with Crippen LogP contribution in [-0.4, -0.2) is 18.7 Å². The van der Waals surface area contributed by atoms with Crippen molar-refractivity contribution >= 4 is 27.3 Å². The Morgan fingerprint density at radius 2 is 2.31 bits per heavy atom. The molecular weight excluding hydrogens is 250 g/mol. The van der Waals surface area contributed by atoms with Crippen LogP contribution < -0.4 is 0 Å². The lowest BCUT2D eigenvalue weighted by atomic mass is 10.3. The van der Waals surface area contributed by atoms with Crippen molar-refractivity contribution in [3.8, 4) is 0 Å². The highest BCUT2D eigenvalue weighted by atomic mass is 79.9. The van der Waals surface area contributed by atoms with Gasteiger partial charge in [0.25, 0.3) is 0 Å². The van der Waals surface area contributed by atoms with Crippen LogP contribution in [0.2, 0.25) is 0 Å². The van der Waals surface area contributed by atoms with Gasteiger partial charge in [0, 0.05) is 23.7 Å². The van der Waals surface area contributed by atoms with Gasteiger partial charge in [0.1, 0.15) is 0 Å². The summed E-state index contributed by atoms with van der Waals surface area (Å²) in [7, 11) is 1.72. The van der Waals surface area contributed by atoms with E-state index in [4.69, 9.17) is 4.74 Å². The number of hydrogen-bond acceptors (Lipinski definition) is 3. The molecule has 0 radical (unpaired) electrons. The molecule has 0 amide bonds. The molecule has 0 aliphatic rings. The molecule has 0 fully saturated rings. The summed E-state index contributed by atoms with van der Waals surface area (Å²) in [5, 5.41) is 2.11. The zero-order valence-electron chi connectivity index (χ0n) is 7.97. The summed E-state index contributed by atoms with van der Waals surface area (Å²) in [6.45, 7) is 2.90. The average molecular weight is 264 g/mol. The second kappa shape index (κ2) is 5.73. The number of halogens is 1. The van der Waals surface area contributed by atoms with E-state index in [9.17, 15) is 0 Å². The fraction of sp³-hybridized carbons (Fsp3) is 0.667. The first-order valence-corrected chi connectivity index (χ1v) is 6.28. The summed E-state index contributed by atoms with van der Waals surface area (Å²) in [6.07, 6.45) is 1.95. The number of thiazole rings is 1. The smallest absolute Gasteiger partial charge is 0.0954 e. The zero-order chi connectivity index (χ0) is 9.68. The number of ether oxygens (including phenoxy) is 1. The number of aromatic nitrogens is 1. The van der Waals surface area contributed by atoms with Gasteiger partial charge in [0.2, 0.25) is 0 Å². The van der Waals surface area contributed by atoms with Crippen LogP contribution in [0, 0.1) is 0 Å². The largest absolute Gasteiger partial charge is 0.384 e. The summed E-state index contributed by atoms with van der Waals surface area (Å²) in [5.74, 6) is 0. The van der Waals surface area contributed by atoms with Crippen molar-refractivity contribution in [2.75, 3.05) is 13.7 Å². The van der Waals surface area contributed by atoms with Crippen LogP contribution in [0.4, 0.5) is 0 Å². The van der Waals surface area contributed by atoms with E-state index in [1.807, 2.05) is 0 Å². The molecule has 13 heavy (non-hydrogen) atoms. The first-order valence-electron chi connectivity index (χ1n) is 4.34. The van der Waals surface area contributed by atoms with Crippen molar-refractivity contribution in [1.29, 1.82) is 0 Å². The Morgan fingerprint density at radius 1 is 1.54 bits per heavy atom. The van der Waals surface area contributed by atoms with Gasteiger partial charge in [-0.05, 0) is 6.42 Å². The van der Waals surface area contributed by atoms with E-state index in [0.717, 1.165) is 24.8 Å². The molecule has 4 heteroatoms. The topological polar surface area (TPSA) is 22.1 Å². The van der Waals surface area contributed by atoms with Crippen molar-refractivity contribution in [1.82, 2.24) is 4.98 Å². The first kappa shape index (κ1) is 11.1. The van der Waals surface area contributed by atoms with Crippen LogP contribution in [0.25, 0.3) is 0 Å². The van der Waals surface area contributed by atoms with Gasteiger partial charge < -0.3 is 4.74 Å². The van der Waals surface area contributed by atoms with Gasteiger partial charge in [-0.3, -0.25) is 0 Å². The van der Waals surface area contributed by atoms with Crippen molar-refractivity contribution < 1.29 is 4.74 Å². The van der Waals surface area contributed by atoms with Crippen LogP contribution in [0.1, 0.15) is 22.5 Å². The van der Waals surface area contributed by atoms with Gasteiger partial charge >= 0.3 is 0 Å². The number of rotatable bonds is 5. The highest BCUT2D eigenvalue weighted by Gasteiger charge is 2.07. The van der Waals surface area contributed by atoms with Gasteiger partial charge in [0.15, 0.2) is 0 Å². The third kappa shape index (κ3) is 3.04. The number of hydrogen-bond donors (Lipinski definition) is 0. The van der Waals surface area contributed by atoms with Crippen molar-refractivity contribution in [2.24, 2.45) is 0 Å². The fourth-order valence-electron chi connectivity index (χ4n) is 1.11. The number of aryl methyl sites for hydroxylation is 1. The maximum atomic E-state index is 5.02. The minimum absolute atomic E-state index is 0.762. The summed E-state index contributed by atoms with van der Waals surface area (Å²) >= 11 is 5.26. The molecule has 0 aromatic carbocycles. The molecule has 0 unspecified atom stereocenters. The molecule has 1 rings (SSSR count). The molecule has 1 heterocycles. The molecule has 0 bridgehead atoms. The number of nitrogens with zero attached hydrogens (tertiary/aromatic N) is 1. The molecule has 0 spiro atoms. The highest BCUT2D eigenvalue weighted by Crippen LogP contribution is 2.22. The molecule has 0 N–H and O–H groups in total. The standard InChI is InChI=1S/C9H14BrNOS/c1-3-7-8(6-10)13-9(11-7)4-5-12-2/h3-6H2,1-2H3. The number of methoxy groups -OCH3 is 1. The normalized spacial score (nSPS) is 10.7. The van der Waals surface area contributed by atoms with E-state index in [0.29, 0.717) is 0 Å². The minimum Gasteiger partial charge on any atom is -0.384 e. The Labute approximate surface area is 91.5 Å². The second-order valence-corrected chi connectivity index (χ2v) is 4.44. The second-order valence-electron chi connectivity index (χ2n) is 2.71. The molecule has 0 saturated heterocycles. The van der Waals surface area contributed by atoms with Gasteiger partial charge in [-0.1, -0.05) is 22.9 Å². The molecule has 1 aromatic rings. The lowest BCUT2D eigenvalue weighted by Gasteiger charge is -1.92. The van der Waals surface area contributed by atoms with Crippen molar-refractivity contribution in [3.05, 3.63) is 15.6 Å². The lowest BCUT2D eigenvalue weighted by Crippen LogP contribution is -1.93. The van der Waals surface area contributed by atoms with Gasteiger partial charge in [-0.2, -0.15) is 0 Å². The molecule has 2 nitrogen and oxygen atoms in total. The molecule has 0 saturated carbocycles. The van der Waals surface area contributed by atoms with Crippen LogP contribution in [0.15, 0.2) is 0 Å². The predicted molar refractivity (Wildman–Crippen MR) is 59.7 cm³/mol. The van der Waals surface area contributed by atoms with Gasteiger partial charge in [-0.15, -0.1) is 11.3 Å². The molecule has 1 aromatic heterocycles. The molecular formula is C9H14BrNOS. The molecule has 74 valence electrons. The van der Waals surface area contributed by atoms with E-state index in [1.54, 1.807) is 18.4 Å².